The van der Waals surface area contributed by atoms with Gasteiger partial charge in [-0.2, -0.15) is 5.10 Å². The third-order valence-corrected chi connectivity index (χ3v) is 2.73. The van der Waals surface area contributed by atoms with Crippen molar-refractivity contribution in [3.05, 3.63) is 35.4 Å². The van der Waals surface area contributed by atoms with E-state index in [9.17, 15) is 0 Å². The molecule has 0 fully saturated rings. The summed E-state index contributed by atoms with van der Waals surface area (Å²) < 4.78 is 0. The van der Waals surface area contributed by atoms with Gasteiger partial charge in [0, 0.05) is 12.8 Å². The molecule has 0 aromatic heterocycles. The Labute approximate surface area is 108 Å². The molecule has 0 spiro atoms. The van der Waals surface area contributed by atoms with Crippen LogP contribution in [0.5, 0.6) is 0 Å². The average molecular weight is 249 g/mol. The zero-order valence-corrected chi connectivity index (χ0v) is 11.4. The van der Waals surface area contributed by atoms with Crippen LogP contribution in [-0.4, -0.2) is 17.9 Å². The Hall–Kier alpha value is -1.42. The molecule has 1 aromatic rings. The van der Waals surface area contributed by atoms with E-state index >= 15 is 0 Å². The highest BCUT2D eigenvalue weighted by Gasteiger charge is 1.97. The minimum absolute atomic E-state index is 0.542. The molecule has 4 heteroatoms. The average Bonchev–Trinajstić information content (AvgIpc) is 2.33. The van der Waals surface area contributed by atoms with Crippen molar-refractivity contribution in [1.82, 2.24) is 10.7 Å². The third-order valence-electron chi connectivity index (χ3n) is 2.43. The number of nitrogens with zero attached hydrogens (tertiary/aromatic N) is 1. The van der Waals surface area contributed by atoms with Crippen molar-refractivity contribution in [2.24, 2.45) is 5.10 Å². The van der Waals surface area contributed by atoms with Gasteiger partial charge in [0.2, 0.25) is 0 Å². The van der Waals surface area contributed by atoms with Gasteiger partial charge in [-0.15, -0.1) is 0 Å². The van der Waals surface area contributed by atoms with Crippen LogP contribution in [0.15, 0.2) is 29.4 Å². The molecule has 0 bridgehead atoms. The van der Waals surface area contributed by atoms with E-state index in [2.05, 4.69) is 47.0 Å². The summed E-state index contributed by atoms with van der Waals surface area (Å²) in [7, 11) is 1.77. The van der Waals surface area contributed by atoms with Crippen molar-refractivity contribution in [3.8, 4) is 0 Å². The van der Waals surface area contributed by atoms with E-state index < -0.39 is 0 Å². The second kappa shape index (κ2) is 7.01. The molecule has 3 nitrogen and oxygen atoms in total. The lowest BCUT2D eigenvalue weighted by Crippen LogP contribution is -2.29. The van der Waals surface area contributed by atoms with Gasteiger partial charge in [-0.05, 0) is 44.5 Å². The van der Waals surface area contributed by atoms with Gasteiger partial charge in [0.25, 0.3) is 0 Å². The fourth-order valence-corrected chi connectivity index (χ4v) is 1.50. The van der Waals surface area contributed by atoms with Crippen molar-refractivity contribution < 1.29 is 0 Å². The van der Waals surface area contributed by atoms with Crippen LogP contribution in [-0.2, 0) is 6.42 Å². The molecule has 0 amide bonds. The summed E-state index contributed by atoms with van der Waals surface area (Å²) in [6.07, 6.45) is 1.94. The molecule has 1 rings (SSSR count). The minimum atomic E-state index is 0.542. The van der Waals surface area contributed by atoms with Crippen molar-refractivity contribution in [2.45, 2.75) is 26.7 Å². The van der Waals surface area contributed by atoms with Gasteiger partial charge in [0.1, 0.15) is 0 Å². The van der Waals surface area contributed by atoms with Crippen LogP contribution in [0.2, 0.25) is 0 Å². The minimum Gasteiger partial charge on any atom is -0.364 e. The zero-order valence-electron chi connectivity index (χ0n) is 10.6. The molecule has 17 heavy (non-hydrogen) atoms. The normalized spacial score (nSPS) is 11.1. The number of hydrogen-bond acceptors (Lipinski definition) is 2. The second-order valence-electron chi connectivity index (χ2n) is 4.03. The quantitative estimate of drug-likeness (QED) is 0.489. The highest BCUT2D eigenvalue weighted by molar-refractivity contribution is 7.80. The topological polar surface area (TPSA) is 36.4 Å². The molecule has 92 valence electrons. The Morgan fingerprint density at radius 2 is 2.18 bits per heavy atom. The first kappa shape index (κ1) is 13.6. The molecule has 2 N–H and O–H groups in total. The fraction of sp³-hybridized carbons (Fsp3) is 0.385. The van der Waals surface area contributed by atoms with Crippen LogP contribution >= 0.6 is 12.2 Å². The van der Waals surface area contributed by atoms with Crippen molar-refractivity contribution in [1.29, 1.82) is 0 Å². The number of aryl methyl sites for hydroxylation is 2. The molecular formula is C13H19N3S. The highest BCUT2D eigenvalue weighted by Crippen LogP contribution is 2.06. The number of thiocarbonyl (C=S) groups is 1. The van der Waals surface area contributed by atoms with Crippen LogP contribution in [0, 0.1) is 6.92 Å². The van der Waals surface area contributed by atoms with Gasteiger partial charge < -0.3 is 5.32 Å². The fourth-order valence-electron chi connectivity index (χ4n) is 1.45. The van der Waals surface area contributed by atoms with E-state index in [1.807, 2.05) is 6.92 Å². The van der Waals surface area contributed by atoms with E-state index in [0.29, 0.717) is 5.11 Å². The van der Waals surface area contributed by atoms with Crippen LogP contribution in [0.4, 0.5) is 0 Å². The third kappa shape index (κ3) is 5.45. The summed E-state index contributed by atoms with van der Waals surface area (Å²) in [4.78, 5) is 0. The summed E-state index contributed by atoms with van der Waals surface area (Å²) in [5.41, 5.74) is 6.47. The lowest BCUT2D eigenvalue weighted by Gasteiger charge is -2.04. The first-order valence-electron chi connectivity index (χ1n) is 5.68. The van der Waals surface area contributed by atoms with Crippen molar-refractivity contribution in [3.63, 3.8) is 0 Å². The molecule has 0 aliphatic carbocycles. The molecule has 0 aliphatic rings. The monoisotopic (exact) mass is 249 g/mol. The molecule has 0 atom stereocenters. The predicted molar refractivity (Wildman–Crippen MR) is 77.4 cm³/mol. The Morgan fingerprint density at radius 3 is 2.82 bits per heavy atom. The zero-order chi connectivity index (χ0) is 12.7. The second-order valence-corrected chi connectivity index (χ2v) is 4.44. The Morgan fingerprint density at radius 1 is 1.41 bits per heavy atom. The van der Waals surface area contributed by atoms with Crippen LogP contribution in [0.25, 0.3) is 0 Å². The Kier molecular flexibility index (Phi) is 5.63. The standard InChI is InChI=1S/C13H19N3S/c1-10-5-4-6-12(9-10)8-7-11(2)15-16-13(17)14-3/h4-6,9H,7-8H2,1-3H3,(H2,14,16,17)/b15-11-. The van der Waals surface area contributed by atoms with Gasteiger partial charge in [-0.1, -0.05) is 29.8 Å². The smallest absolute Gasteiger partial charge is 0.186 e. The molecule has 0 aliphatic heterocycles. The first-order valence-corrected chi connectivity index (χ1v) is 6.09. The number of hydrogen-bond donors (Lipinski definition) is 2. The van der Waals surface area contributed by atoms with E-state index in [4.69, 9.17) is 12.2 Å². The molecular weight excluding hydrogens is 230 g/mol. The number of nitrogens with one attached hydrogen (secondary N) is 2. The van der Waals surface area contributed by atoms with E-state index in [1.165, 1.54) is 11.1 Å². The van der Waals surface area contributed by atoms with Crippen LogP contribution < -0.4 is 10.7 Å². The molecule has 1 aromatic carbocycles. The van der Waals surface area contributed by atoms with Gasteiger partial charge in [0.15, 0.2) is 5.11 Å². The maximum Gasteiger partial charge on any atom is 0.186 e. The van der Waals surface area contributed by atoms with Crippen molar-refractivity contribution in [2.75, 3.05) is 7.05 Å². The molecule has 0 saturated carbocycles. The lowest BCUT2D eigenvalue weighted by molar-refractivity contribution is 0.941. The van der Waals surface area contributed by atoms with Gasteiger partial charge >= 0.3 is 0 Å². The summed E-state index contributed by atoms with van der Waals surface area (Å²) >= 11 is 4.94. The predicted octanol–water partition coefficient (Wildman–Crippen LogP) is 2.40. The largest absolute Gasteiger partial charge is 0.364 e. The maximum absolute atomic E-state index is 4.94. The van der Waals surface area contributed by atoms with Crippen LogP contribution in [0.3, 0.4) is 0 Å². The summed E-state index contributed by atoms with van der Waals surface area (Å²) in [6, 6.07) is 8.55. The summed E-state index contributed by atoms with van der Waals surface area (Å²) in [5, 5.41) is 7.55. The number of hydrazone groups is 1. The van der Waals surface area contributed by atoms with Crippen LogP contribution in [0.1, 0.15) is 24.5 Å². The molecule has 0 heterocycles. The van der Waals surface area contributed by atoms with Gasteiger partial charge in [0.05, 0.1) is 0 Å². The Balaban J connectivity index is 2.42. The number of rotatable bonds is 4. The van der Waals surface area contributed by atoms with E-state index in [0.717, 1.165) is 18.6 Å². The summed E-state index contributed by atoms with van der Waals surface area (Å²) in [6.45, 7) is 4.11. The SMILES string of the molecule is CNC(=S)N/N=C(/C)CCc1cccc(C)c1. The molecule has 0 saturated heterocycles. The van der Waals surface area contributed by atoms with E-state index in [-0.39, 0.29) is 0 Å². The number of benzene rings is 1. The highest BCUT2D eigenvalue weighted by atomic mass is 32.1. The van der Waals surface area contributed by atoms with Crippen molar-refractivity contribution >= 4 is 23.0 Å². The first-order chi connectivity index (χ1) is 8.11. The molecule has 0 unspecified atom stereocenters. The lowest BCUT2D eigenvalue weighted by atomic mass is 10.1. The summed E-state index contributed by atoms with van der Waals surface area (Å²) in [5.74, 6) is 0. The van der Waals surface area contributed by atoms with Gasteiger partial charge in [-0.25, -0.2) is 0 Å². The van der Waals surface area contributed by atoms with E-state index in [1.54, 1.807) is 7.05 Å². The molecule has 0 radical (unpaired) electrons. The maximum atomic E-state index is 4.94. The van der Waals surface area contributed by atoms with Gasteiger partial charge in [-0.3, -0.25) is 5.43 Å². The Bertz CT molecular complexity index is 413.